The van der Waals surface area contributed by atoms with Gasteiger partial charge in [-0.15, -0.1) is 0 Å². The van der Waals surface area contributed by atoms with E-state index in [2.05, 4.69) is 0 Å². The summed E-state index contributed by atoms with van der Waals surface area (Å²) in [5, 5.41) is 81.0. The van der Waals surface area contributed by atoms with E-state index in [0.717, 1.165) is 6.07 Å². The maximum Gasteiger partial charge on any atom is 0.229 e. The summed E-state index contributed by atoms with van der Waals surface area (Å²) >= 11 is 0. The first-order valence-corrected chi connectivity index (χ1v) is 13.2. The lowest BCUT2D eigenvalue weighted by Gasteiger charge is -2.38. The molecule has 0 amide bonds. The topological polar surface area (TPSA) is 229 Å². The van der Waals surface area contributed by atoms with E-state index in [1.807, 2.05) is 0 Å². The maximum atomic E-state index is 12.9. The van der Waals surface area contributed by atoms with Crippen molar-refractivity contribution in [3.8, 4) is 28.6 Å². The van der Waals surface area contributed by atoms with Crippen molar-refractivity contribution in [1.82, 2.24) is 0 Å². The highest BCUT2D eigenvalue weighted by Crippen LogP contribution is 2.54. The number of rotatable bonds is 6. The summed E-state index contributed by atoms with van der Waals surface area (Å²) in [7, 11) is 0. The van der Waals surface area contributed by atoms with E-state index in [1.54, 1.807) is 12.1 Å². The number of fused-ring (bicyclic) bond motifs is 2. The molecule has 3 aromatic rings. The lowest BCUT2D eigenvalue weighted by molar-refractivity contribution is -0.268. The van der Waals surface area contributed by atoms with Crippen LogP contribution in [-0.4, -0.2) is 108 Å². The molecular formula is C28H30O14. The van der Waals surface area contributed by atoms with Gasteiger partial charge in [-0.1, -0.05) is 0 Å². The van der Waals surface area contributed by atoms with Crippen molar-refractivity contribution in [2.45, 2.75) is 67.8 Å². The lowest BCUT2D eigenvalue weighted by atomic mass is 10.00. The Morgan fingerprint density at radius 2 is 1.52 bits per heavy atom. The molecule has 11 atom stereocenters. The summed E-state index contributed by atoms with van der Waals surface area (Å²) in [4.78, 5) is 12.9. The maximum absolute atomic E-state index is 12.9. The standard InChI is InChI=1S/C28H30O14/c1-10-21(32)23(34)24(35)27(38-10)39-12-4-2-11(3-5-12)16-8-15(31)19-14(30)6-13(7-17(19)41-16)40-26-22(33)20-25(36)28(20,37)18(9-29)42-26/h2-8,10,18,20-27,29-30,32-37H,9H2,1H3/t10?,18?,20-,21-,22?,23?,24?,25?,26+,27-,28?/m0/s1. The van der Waals surface area contributed by atoms with Gasteiger partial charge in [0.15, 0.2) is 5.43 Å². The molecule has 0 radical (unpaired) electrons. The number of aromatic hydroxyl groups is 1. The highest BCUT2D eigenvalue weighted by atomic mass is 16.7. The fraction of sp³-hybridized carbons (Fsp3) is 0.464. The van der Waals surface area contributed by atoms with Crippen molar-refractivity contribution in [2.24, 2.45) is 5.92 Å². The Hall–Kier alpha value is -3.31. The van der Waals surface area contributed by atoms with Crippen LogP contribution >= 0.6 is 0 Å². The number of phenolic OH excluding ortho intramolecular Hbond substituents is 1. The molecule has 3 heterocycles. The van der Waals surface area contributed by atoms with Gasteiger partial charge in [-0.2, -0.15) is 0 Å². The summed E-state index contributed by atoms with van der Waals surface area (Å²) in [6.45, 7) is 0.891. The molecule has 3 aliphatic rings. The van der Waals surface area contributed by atoms with Gasteiger partial charge in [0.25, 0.3) is 0 Å². The minimum atomic E-state index is -1.80. The van der Waals surface area contributed by atoms with E-state index in [9.17, 15) is 45.6 Å². The molecule has 0 spiro atoms. The highest BCUT2D eigenvalue weighted by Gasteiger charge is 2.75. The Bertz CT molecular complexity index is 1520. The van der Waals surface area contributed by atoms with Crippen molar-refractivity contribution < 1.29 is 64.2 Å². The average molecular weight is 591 g/mol. The van der Waals surface area contributed by atoms with Crippen LogP contribution in [0, 0.1) is 5.92 Å². The molecule has 14 heteroatoms. The van der Waals surface area contributed by atoms with E-state index in [-0.39, 0.29) is 28.2 Å². The van der Waals surface area contributed by atoms with E-state index in [1.165, 1.54) is 31.2 Å². The van der Waals surface area contributed by atoms with Crippen molar-refractivity contribution in [2.75, 3.05) is 6.61 Å². The lowest BCUT2D eigenvalue weighted by Crippen LogP contribution is -2.58. The molecule has 8 N–H and O–H groups in total. The van der Waals surface area contributed by atoms with Gasteiger partial charge < -0.3 is 64.2 Å². The second-order valence-electron chi connectivity index (χ2n) is 10.8. The van der Waals surface area contributed by atoms with Gasteiger partial charge in [-0.05, 0) is 31.2 Å². The Kier molecular flexibility index (Phi) is 7.16. The van der Waals surface area contributed by atoms with Gasteiger partial charge >= 0.3 is 0 Å². The Morgan fingerprint density at radius 3 is 2.21 bits per heavy atom. The molecule has 6 rings (SSSR count). The summed E-state index contributed by atoms with van der Waals surface area (Å²) in [5.41, 5.74) is -1.97. The zero-order chi connectivity index (χ0) is 30.1. The third-order valence-electron chi connectivity index (χ3n) is 8.10. The summed E-state index contributed by atoms with van der Waals surface area (Å²) < 4.78 is 28.1. The molecule has 14 nitrogen and oxygen atoms in total. The summed E-state index contributed by atoms with van der Waals surface area (Å²) in [6, 6.07) is 9.76. The van der Waals surface area contributed by atoms with Gasteiger partial charge in [-0.25, -0.2) is 0 Å². The minimum Gasteiger partial charge on any atom is -0.507 e. The molecule has 3 fully saturated rings. The predicted molar refractivity (Wildman–Crippen MR) is 139 cm³/mol. The largest absolute Gasteiger partial charge is 0.507 e. The Morgan fingerprint density at radius 1 is 0.857 bits per heavy atom. The second kappa shape index (κ2) is 10.4. The number of phenols is 1. The molecule has 0 bridgehead atoms. The molecule has 7 unspecified atom stereocenters. The molecule has 1 saturated carbocycles. The van der Waals surface area contributed by atoms with Gasteiger partial charge in [-0.3, -0.25) is 4.79 Å². The second-order valence-corrected chi connectivity index (χ2v) is 10.8. The van der Waals surface area contributed by atoms with E-state index < -0.39 is 84.6 Å². The third-order valence-corrected chi connectivity index (χ3v) is 8.10. The highest BCUT2D eigenvalue weighted by molar-refractivity contribution is 5.86. The Labute approximate surface area is 237 Å². The number of aliphatic hydroxyl groups is 7. The van der Waals surface area contributed by atoms with Crippen molar-refractivity contribution >= 4 is 11.0 Å². The van der Waals surface area contributed by atoms with E-state index >= 15 is 0 Å². The van der Waals surface area contributed by atoms with E-state index in [4.69, 9.17) is 23.4 Å². The van der Waals surface area contributed by atoms with Crippen LogP contribution < -0.4 is 14.9 Å². The zero-order valence-electron chi connectivity index (χ0n) is 22.0. The predicted octanol–water partition coefficient (Wildman–Crippen LogP) is -1.45. The summed E-state index contributed by atoms with van der Waals surface area (Å²) in [5.74, 6) is -1.15. The first-order chi connectivity index (χ1) is 19.9. The molecule has 2 saturated heterocycles. The van der Waals surface area contributed by atoms with Crippen molar-refractivity contribution in [1.29, 1.82) is 0 Å². The monoisotopic (exact) mass is 590 g/mol. The first kappa shape index (κ1) is 28.8. The number of hydrogen-bond acceptors (Lipinski definition) is 14. The number of aliphatic hydroxyl groups excluding tert-OH is 6. The first-order valence-electron chi connectivity index (χ1n) is 13.2. The minimum absolute atomic E-state index is 0.0555. The molecular weight excluding hydrogens is 560 g/mol. The summed E-state index contributed by atoms with van der Waals surface area (Å²) in [6.07, 6.45) is -11.6. The SMILES string of the molecule is CC1O[C@@H](Oc2ccc(-c3cc(=O)c4c(O)cc(O[C@@H]5OC(CO)C6(O)C(O)[C@@H]6C5O)cc4o3)cc2)C(O)C(O)[C@H]1O. The van der Waals surface area contributed by atoms with Crippen LogP contribution in [0.5, 0.6) is 17.2 Å². The van der Waals surface area contributed by atoms with Crippen molar-refractivity contribution in [3.05, 3.63) is 52.7 Å². The van der Waals surface area contributed by atoms with Crippen LogP contribution in [0.25, 0.3) is 22.3 Å². The fourth-order valence-electron chi connectivity index (χ4n) is 5.61. The van der Waals surface area contributed by atoms with E-state index in [0.29, 0.717) is 5.56 Å². The Balaban J connectivity index is 1.23. The normalized spacial score (nSPS) is 37.7. The number of benzene rings is 2. The van der Waals surface area contributed by atoms with Crippen LogP contribution in [0.1, 0.15) is 6.92 Å². The molecule has 1 aliphatic carbocycles. The molecule has 42 heavy (non-hydrogen) atoms. The van der Waals surface area contributed by atoms with Gasteiger partial charge in [0.2, 0.25) is 12.6 Å². The van der Waals surface area contributed by atoms with Crippen LogP contribution in [-0.2, 0) is 9.47 Å². The third kappa shape index (κ3) is 4.61. The van der Waals surface area contributed by atoms with Gasteiger partial charge in [0, 0.05) is 23.8 Å². The number of ether oxygens (including phenoxy) is 4. The molecule has 226 valence electrons. The van der Waals surface area contributed by atoms with Crippen LogP contribution in [0.3, 0.4) is 0 Å². The average Bonchev–Trinajstić information content (AvgIpc) is 3.53. The van der Waals surface area contributed by atoms with Crippen LogP contribution in [0.4, 0.5) is 0 Å². The quantitative estimate of drug-likeness (QED) is 0.164. The molecule has 2 aromatic carbocycles. The molecule has 2 aliphatic heterocycles. The smallest absolute Gasteiger partial charge is 0.229 e. The van der Waals surface area contributed by atoms with Crippen molar-refractivity contribution in [3.63, 3.8) is 0 Å². The van der Waals surface area contributed by atoms with Gasteiger partial charge in [0.05, 0.1) is 24.7 Å². The van der Waals surface area contributed by atoms with Crippen LogP contribution in [0.2, 0.25) is 0 Å². The van der Waals surface area contributed by atoms with Crippen LogP contribution in [0.15, 0.2) is 51.7 Å². The van der Waals surface area contributed by atoms with Gasteiger partial charge in [0.1, 0.15) is 70.1 Å². The fourth-order valence-corrected chi connectivity index (χ4v) is 5.61. The molecule has 1 aromatic heterocycles. The number of hydrogen-bond donors (Lipinski definition) is 8. The zero-order valence-corrected chi connectivity index (χ0v) is 22.0.